The second-order valence-electron chi connectivity index (χ2n) is 6.92. The highest BCUT2D eigenvalue weighted by molar-refractivity contribution is 5.35. The minimum absolute atomic E-state index is 0.345. The second-order valence-corrected chi connectivity index (χ2v) is 6.92. The highest BCUT2D eigenvalue weighted by atomic mass is 16.5. The van der Waals surface area contributed by atoms with Crippen molar-refractivity contribution in [1.82, 2.24) is 5.32 Å². The molecule has 20 heavy (non-hydrogen) atoms. The average Bonchev–Trinajstić information content (AvgIpc) is 2.60. The van der Waals surface area contributed by atoms with Crippen LogP contribution in [0.1, 0.15) is 64.5 Å². The summed E-state index contributed by atoms with van der Waals surface area (Å²) in [5.41, 5.74) is 1.78. The molecule has 0 aromatic heterocycles. The topological polar surface area (TPSA) is 21.3 Å². The Labute approximate surface area is 123 Å². The molecule has 0 heterocycles. The molecule has 112 valence electrons. The number of hydrogen-bond acceptors (Lipinski definition) is 2. The third kappa shape index (κ3) is 3.99. The van der Waals surface area contributed by atoms with Crippen molar-refractivity contribution in [2.45, 2.75) is 65.0 Å². The van der Waals surface area contributed by atoms with Gasteiger partial charge in [0, 0.05) is 17.6 Å². The molecule has 1 aliphatic rings. The Morgan fingerprint density at radius 2 is 1.95 bits per heavy atom. The molecule has 2 rings (SSSR count). The molecule has 0 radical (unpaired) electrons. The lowest BCUT2D eigenvalue weighted by Gasteiger charge is -2.25. The van der Waals surface area contributed by atoms with Crippen molar-refractivity contribution in [2.75, 3.05) is 7.11 Å². The van der Waals surface area contributed by atoms with Crippen LogP contribution >= 0.6 is 0 Å². The van der Waals surface area contributed by atoms with E-state index in [4.69, 9.17) is 4.74 Å². The van der Waals surface area contributed by atoms with Gasteiger partial charge in [0.1, 0.15) is 5.75 Å². The van der Waals surface area contributed by atoms with Crippen LogP contribution in [-0.4, -0.2) is 13.2 Å². The first-order valence-corrected chi connectivity index (χ1v) is 7.91. The lowest BCUT2D eigenvalue weighted by atomic mass is 9.85. The molecule has 0 aliphatic heterocycles. The molecule has 1 fully saturated rings. The summed E-state index contributed by atoms with van der Waals surface area (Å²) < 4.78 is 5.47. The van der Waals surface area contributed by atoms with E-state index in [1.807, 2.05) is 12.1 Å². The summed E-state index contributed by atoms with van der Waals surface area (Å²) in [6.07, 6.45) is 6.59. The highest BCUT2D eigenvalue weighted by Gasteiger charge is 2.25. The van der Waals surface area contributed by atoms with E-state index in [2.05, 4.69) is 38.2 Å². The van der Waals surface area contributed by atoms with Gasteiger partial charge in [-0.1, -0.05) is 38.5 Å². The highest BCUT2D eigenvalue weighted by Crippen LogP contribution is 2.34. The Morgan fingerprint density at radius 3 is 2.70 bits per heavy atom. The number of nitrogens with one attached hydrogen (secondary N) is 1. The van der Waals surface area contributed by atoms with Crippen molar-refractivity contribution in [3.8, 4) is 5.75 Å². The zero-order chi connectivity index (χ0) is 14.6. The maximum absolute atomic E-state index is 5.47. The third-order valence-corrected chi connectivity index (χ3v) is 4.67. The van der Waals surface area contributed by atoms with Crippen LogP contribution in [0.15, 0.2) is 24.3 Å². The largest absolute Gasteiger partial charge is 0.496 e. The lowest BCUT2D eigenvalue weighted by Crippen LogP contribution is -2.31. The molecule has 1 saturated carbocycles. The number of ether oxygens (including phenoxy) is 1. The molecule has 2 nitrogen and oxygen atoms in total. The number of methoxy groups -OCH3 is 1. The van der Waals surface area contributed by atoms with Crippen molar-refractivity contribution in [1.29, 1.82) is 0 Å². The zero-order valence-corrected chi connectivity index (χ0v) is 13.4. The summed E-state index contributed by atoms with van der Waals surface area (Å²) in [5, 5.41) is 3.81. The molecule has 0 bridgehead atoms. The quantitative estimate of drug-likeness (QED) is 0.804. The Balaban J connectivity index is 1.99. The van der Waals surface area contributed by atoms with Crippen molar-refractivity contribution in [3.05, 3.63) is 29.8 Å². The van der Waals surface area contributed by atoms with E-state index in [9.17, 15) is 0 Å². The van der Waals surface area contributed by atoms with Crippen LogP contribution in [0.4, 0.5) is 0 Å². The summed E-state index contributed by atoms with van der Waals surface area (Å²) >= 11 is 0. The molecule has 0 spiro atoms. The minimum atomic E-state index is 0.345. The molecular formula is C18H29NO. The van der Waals surface area contributed by atoms with E-state index in [0.29, 0.717) is 17.5 Å². The van der Waals surface area contributed by atoms with Gasteiger partial charge in [0.2, 0.25) is 0 Å². The van der Waals surface area contributed by atoms with Crippen LogP contribution in [0.2, 0.25) is 0 Å². The van der Waals surface area contributed by atoms with Crippen LogP contribution < -0.4 is 10.1 Å². The van der Waals surface area contributed by atoms with Crippen molar-refractivity contribution in [3.63, 3.8) is 0 Å². The number of para-hydroxylation sites is 1. The molecule has 0 amide bonds. The van der Waals surface area contributed by atoms with Gasteiger partial charge in [-0.15, -0.1) is 0 Å². The maximum Gasteiger partial charge on any atom is 0.123 e. The van der Waals surface area contributed by atoms with E-state index in [1.165, 1.54) is 37.7 Å². The number of benzene rings is 1. The molecule has 2 heteroatoms. The lowest BCUT2D eigenvalue weighted by molar-refractivity contribution is 0.307. The van der Waals surface area contributed by atoms with Gasteiger partial charge in [-0.2, -0.15) is 0 Å². The van der Waals surface area contributed by atoms with E-state index in [-0.39, 0.29) is 0 Å². The Morgan fingerprint density at radius 1 is 1.20 bits per heavy atom. The molecular weight excluding hydrogens is 246 g/mol. The van der Waals surface area contributed by atoms with E-state index in [1.54, 1.807) is 7.11 Å². The van der Waals surface area contributed by atoms with Gasteiger partial charge >= 0.3 is 0 Å². The van der Waals surface area contributed by atoms with Crippen LogP contribution in [0.5, 0.6) is 5.75 Å². The van der Waals surface area contributed by atoms with E-state index >= 15 is 0 Å². The van der Waals surface area contributed by atoms with Gasteiger partial charge in [0.05, 0.1) is 7.11 Å². The fourth-order valence-corrected chi connectivity index (χ4v) is 3.30. The number of hydrogen-bond donors (Lipinski definition) is 1. The Kier molecular flexibility index (Phi) is 5.09. The standard InChI is InChI=1S/C18H29NO/c1-14(16-9-5-6-10-17(16)20-4)19-15-8-7-12-18(2,3)13-11-15/h5-6,9-10,14-15,19H,7-8,11-13H2,1-4H3. The normalized spacial score (nSPS) is 23.9. The summed E-state index contributed by atoms with van der Waals surface area (Å²) in [6, 6.07) is 9.31. The summed E-state index contributed by atoms with van der Waals surface area (Å²) in [6.45, 7) is 7.05. The molecule has 2 unspecified atom stereocenters. The average molecular weight is 275 g/mol. The van der Waals surface area contributed by atoms with Crippen LogP contribution in [0, 0.1) is 5.41 Å². The summed E-state index contributed by atoms with van der Waals surface area (Å²) in [5.74, 6) is 0.987. The first kappa shape index (κ1) is 15.4. The minimum Gasteiger partial charge on any atom is -0.496 e. The molecule has 2 atom stereocenters. The molecule has 1 aliphatic carbocycles. The summed E-state index contributed by atoms with van der Waals surface area (Å²) in [7, 11) is 1.75. The second kappa shape index (κ2) is 6.62. The summed E-state index contributed by atoms with van der Waals surface area (Å²) in [4.78, 5) is 0. The van der Waals surface area contributed by atoms with Crippen LogP contribution in [-0.2, 0) is 0 Å². The Bertz CT molecular complexity index is 427. The first-order chi connectivity index (χ1) is 9.52. The smallest absolute Gasteiger partial charge is 0.123 e. The van der Waals surface area contributed by atoms with E-state index < -0.39 is 0 Å². The van der Waals surface area contributed by atoms with Crippen molar-refractivity contribution < 1.29 is 4.74 Å². The molecule has 0 saturated heterocycles. The van der Waals surface area contributed by atoms with Gasteiger partial charge in [-0.05, 0) is 44.1 Å². The molecule has 1 N–H and O–H groups in total. The predicted molar refractivity (Wildman–Crippen MR) is 85.2 cm³/mol. The van der Waals surface area contributed by atoms with Gasteiger partial charge in [-0.25, -0.2) is 0 Å². The zero-order valence-electron chi connectivity index (χ0n) is 13.4. The van der Waals surface area contributed by atoms with Crippen LogP contribution in [0.3, 0.4) is 0 Å². The van der Waals surface area contributed by atoms with Gasteiger partial charge in [0.25, 0.3) is 0 Å². The monoisotopic (exact) mass is 275 g/mol. The fourth-order valence-electron chi connectivity index (χ4n) is 3.30. The predicted octanol–water partition coefficient (Wildman–Crippen LogP) is 4.70. The third-order valence-electron chi connectivity index (χ3n) is 4.67. The maximum atomic E-state index is 5.47. The van der Waals surface area contributed by atoms with Gasteiger partial charge in [-0.3, -0.25) is 0 Å². The van der Waals surface area contributed by atoms with Crippen LogP contribution in [0.25, 0.3) is 0 Å². The number of rotatable bonds is 4. The molecule has 1 aromatic carbocycles. The van der Waals surface area contributed by atoms with Gasteiger partial charge in [0.15, 0.2) is 0 Å². The van der Waals surface area contributed by atoms with Crippen molar-refractivity contribution in [2.24, 2.45) is 5.41 Å². The fraction of sp³-hybridized carbons (Fsp3) is 0.667. The first-order valence-electron chi connectivity index (χ1n) is 7.91. The van der Waals surface area contributed by atoms with Gasteiger partial charge < -0.3 is 10.1 Å². The van der Waals surface area contributed by atoms with Crippen molar-refractivity contribution >= 4 is 0 Å². The SMILES string of the molecule is COc1ccccc1C(C)NC1CCCC(C)(C)CC1. The van der Waals surface area contributed by atoms with E-state index in [0.717, 1.165) is 5.75 Å². The Hall–Kier alpha value is -1.02. The molecule has 1 aromatic rings.